The van der Waals surface area contributed by atoms with E-state index in [0.717, 1.165) is 17.3 Å². The van der Waals surface area contributed by atoms with Crippen molar-refractivity contribution in [1.29, 1.82) is 0 Å². The maximum atomic E-state index is 4.78. The van der Waals surface area contributed by atoms with Gasteiger partial charge in [-0.15, -0.1) is 0 Å². The van der Waals surface area contributed by atoms with Gasteiger partial charge in [0.15, 0.2) is 0 Å². The SMILES string of the molecule is CC=CN1CC(Sc2ccccc2)=Nc2ccccc21. The zero-order chi connectivity index (χ0) is 13.8. The minimum atomic E-state index is 0.820. The van der Waals surface area contributed by atoms with E-state index in [0.29, 0.717) is 0 Å². The molecule has 0 amide bonds. The van der Waals surface area contributed by atoms with Gasteiger partial charge >= 0.3 is 0 Å². The van der Waals surface area contributed by atoms with Crippen LogP contribution >= 0.6 is 11.8 Å². The molecular weight excluding hydrogens is 264 g/mol. The van der Waals surface area contributed by atoms with E-state index < -0.39 is 0 Å². The van der Waals surface area contributed by atoms with Gasteiger partial charge in [-0.25, -0.2) is 4.99 Å². The first kappa shape index (κ1) is 13.0. The number of fused-ring (bicyclic) bond motifs is 1. The molecule has 0 saturated carbocycles. The molecule has 1 heterocycles. The normalized spacial score (nSPS) is 14.2. The molecule has 1 aliphatic rings. The Labute approximate surface area is 123 Å². The minimum absolute atomic E-state index is 0.820. The van der Waals surface area contributed by atoms with Crippen LogP contribution in [-0.4, -0.2) is 11.6 Å². The van der Waals surface area contributed by atoms with E-state index in [1.807, 2.05) is 19.1 Å². The number of hydrogen-bond acceptors (Lipinski definition) is 3. The highest BCUT2D eigenvalue weighted by atomic mass is 32.2. The van der Waals surface area contributed by atoms with Crippen LogP contribution in [0, 0.1) is 0 Å². The molecule has 20 heavy (non-hydrogen) atoms. The van der Waals surface area contributed by atoms with Crippen LogP contribution in [0.25, 0.3) is 0 Å². The Balaban J connectivity index is 1.92. The molecule has 3 heteroatoms. The van der Waals surface area contributed by atoms with Gasteiger partial charge in [0.05, 0.1) is 23.0 Å². The maximum Gasteiger partial charge on any atom is 0.0985 e. The van der Waals surface area contributed by atoms with Crippen LogP contribution in [0.15, 0.2) is 76.8 Å². The Morgan fingerprint density at radius 1 is 1.05 bits per heavy atom. The smallest absolute Gasteiger partial charge is 0.0985 e. The first-order valence-corrected chi connectivity index (χ1v) is 7.47. The van der Waals surface area contributed by atoms with Crippen LogP contribution < -0.4 is 4.90 Å². The molecule has 0 spiro atoms. The number of aliphatic imine (C=N–C) groups is 1. The lowest BCUT2D eigenvalue weighted by Gasteiger charge is -2.27. The maximum absolute atomic E-state index is 4.78. The van der Waals surface area contributed by atoms with E-state index in [2.05, 4.69) is 59.6 Å². The second-order valence-corrected chi connectivity index (χ2v) is 5.67. The first-order valence-electron chi connectivity index (χ1n) is 6.66. The molecule has 0 fully saturated rings. The van der Waals surface area contributed by atoms with Gasteiger partial charge in [0.2, 0.25) is 0 Å². The highest BCUT2D eigenvalue weighted by Crippen LogP contribution is 2.35. The van der Waals surface area contributed by atoms with Crippen molar-refractivity contribution in [2.24, 2.45) is 4.99 Å². The summed E-state index contributed by atoms with van der Waals surface area (Å²) >= 11 is 1.73. The van der Waals surface area contributed by atoms with Gasteiger partial charge in [-0.2, -0.15) is 0 Å². The largest absolute Gasteiger partial charge is 0.340 e. The van der Waals surface area contributed by atoms with Crippen molar-refractivity contribution in [3.63, 3.8) is 0 Å². The van der Waals surface area contributed by atoms with E-state index in [9.17, 15) is 0 Å². The van der Waals surface area contributed by atoms with E-state index in [1.165, 1.54) is 10.6 Å². The Hall–Kier alpha value is -2.00. The van der Waals surface area contributed by atoms with Crippen molar-refractivity contribution in [2.45, 2.75) is 11.8 Å². The number of nitrogens with zero attached hydrogens (tertiary/aromatic N) is 2. The molecule has 0 aromatic heterocycles. The van der Waals surface area contributed by atoms with Gasteiger partial charge in [-0.05, 0) is 31.2 Å². The van der Waals surface area contributed by atoms with Crippen molar-refractivity contribution in [2.75, 3.05) is 11.4 Å². The molecule has 0 aliphatic carbocycles. The standard InChI is InChI=1S/C17H16N2S/c1-2-12-19-13-17(20-14-8-4-3-5-9-14)18-15-10-6-7-11-16(15)19/h2-12H,13H2,1H3. The van der Waals surface area contributed by atoms with Crippen LogP contribution in [0.3, 0.4) is 0 Å². The van der Waals surface area contributed by atoms with Gasteiger partial charge < -0.3 is 4.90 Å². The summed E-state index contributed by atoms with van der Waals surface area (Å²) in [6.07, 6.45) is 4.17. The van der Waals surface area contributed by atoms with Crippen LogP contribution in [-0.2, 0) is 0 Å². The third-order valence-electron chi connectivity index (χ3n) is 3.05. The summed E-state index contributed by atoms with van der Waals surface area (Å²) < 4.78 is 0. The molecule has 2 aromatic rings. The fourth-order valence-corrected chi connectivity index (χ4v) is 3.11. The molecular formula is C17H16N2S. The molecule has 100 valence electrons. The zero-order valence-corrected chi connectivity index (χ0v) is 12.2. The lowest BCUT2D eigenvalue weighted by atomic mass is 10.2. The van der Waals surface area contributed by atoms with Crippen molar-refractivity contribution in [1.82, 2.24) is 0 Å². The number of para-hydroxylation sites is 2. The van der Waals surface area contributed by atoms with Gasteiger partial charge in [0.25, 0.3) is 0 Å². The second-order valence-electron chi connectivity index (χ2n) is 4.52. The van der Waals surface area contributed by atoms with Crippen LogP contribution in [0.5, 0.6) is 0 Å². The summed E-state index contributed by atoms with van der Waals surface area (Å²) in [6, 6.07) is 18.7. The average molecular weight is 280 g/mol. The van der Waals surface area contributed by atoms with Crippen LogP contribution in [0.1, 0.15) is 6.92 Å². The summed E-state index contributed by atoms with van der Waals surface area (Å²) in [5.41, 5.74) is 2.21. The monoisotopic (exact) mass is 280 g/mol. The summed E-state index contributed by atoms with van der Waals surface area (Å²) in [5, 5.41) is 1.12. The molecule has 0 N–H and O–H groups in total. The molecule has 2 aromatic carbocycles. The molecule has 2 nitrogen and oxygen atoms in total. The number of anilines is 1. The number of rotatable bonds is 2. The van der Waals surface area contributed by atoms with E-state index in [4.69, 9.17) is 4.99 Å². The van der Waals surface area contributed by atoms with Gasteiger partial charge in [-0.3, -0.25) is 0 Å². The van der Waals surface area contributed by atoms with Crippen LogP contribution in [0.2, 0.25) is 0 Å². The summed E-state index contributed by atoms with van der Waals surface area (Å²) in [7, 11) is 0. The van der Waals surface area contributed by atoms with Gasteiger partial charge in [-0.1, -0.05) is 48.2 Å². The molecule has 0 unspecified atom stereocenters. The lowest BCUT2D eigenvalue weighted by molar-refractivity contribution is 1.10. The predicted molar refractivity (Wildman–Crippen MR) is 88.0 cm³/mol. The predicted octanol–water partition coefficient (Wildman–Crippen LogP) is 4.86. The highest BCUT2D eigenvalue weighted by Gasteiger charge is 2.17. The molecule has 3 rings (SSSR count). The third-order valence-corrected chi connectivity index (χ3v) is 4.01. The Morgan fingerprint density at radius 3 is 2.60 bits per heavy atom. The zero-order valence-electron chi connectivity index (χ0n) is 11.4. The molecule has 0 bridgehead atoms. The average Bonchev–Trinajstić information content (AvgIpc) is 2.49. The quantitative estimate of drug-likeness (QED) is 0.780. The Morgan fingerprint density at radius 2 is 1.80 bits per heavy atom. The van der Waals surface area contributed by atoms with E-state index in [-0.39, 0.29) is 0 Å². The number of hydrogen-bond donors (Lipinski definition) is 0. The fourth-order valence-electron chi connectivity index (χ4n) is 2.19. The van der Waals surface area contributed by atoms with Gasteiger partial charge in [0, 0.05) is 11.1 Å². The summed E-state index contributed by atoms with van der Waals surface area (Å²) in [5.74, 6) is 0. The van der Waals surface area contributed by atoms with Crippen LogP contribution in [0.4, 0.5) is 11.4 Å². The third kappa shape index (κ3) is 2.78. The molecule has 1 aliphatic heterocycles. The number of allylic oxidation sites excluding steroid dienone is 1. The van der Waals surface area contributed by atoms with Crippen molar-refractivity contribution in [3.8, 4) is 0 Å². The Bertz CT molecular complexity index is 647. The first-order chi connectivity index (χ1) is 9.86. The van der Waals surface area contributed by atoms with Crippen molar-refractivity contribution < 1.29 is 0 Å². The highest BCUT2D eigenvalue weighted by molar-refractivity contribution is 8.14. The number of benzene rings is 2. The molecule has 0 atom stereocenters. The van der Waals surface area contributed by atoms with Crippen molar-refractivity contribution in [3.05, 3.63) is 66.9 Å². The summed E-state index contributed by atoms with van der Waals surface area (Å²) in [6.45, 7) is 2.86. The lowest BCUT2D eigenvalue weighted by Crippen LogP contribution is -2.25. The minimum Gasteiger partial charge on any atom is -0.340 e. The second kappa shape index (κ2) is 5.97. The molecule has 0 radical (unpaired) electrons. The summed E-state index contributed by atoms with van der Waals surface area (Å²) in [4.78, 5) is 8.25. The fraction of sp³-hybridized carbons (Fsp3) is 0.118. The van der Waals surface area contributed by atoms with E-state index in [1.54, 1.807) is 11.8 Å². The topological polar surface area (TPSA) is 15.6 Å². The molecule has 0 saturated heterocycles. The van der Waals surface area contributed by atoms with E-state index >= 15 is 0 Å². The van der Waals surface area contributed by atoms with Gasteiger partial charge in [0.1, 0.15) is 0 Å². The van der Waals surface area contributed by atoms with Crippen molar-refractivity contribution >= 4 is 28.2 Å². The number of thioether (sulfide) groups is 1. The Kier molecular flexibility index (Phi) is 3.88.